The van der Waals surface area contributed by atoms with Crippen molar-refractivity contribution in [3.05, 3.63) is 0 Å². The van der Waals surface area contributed by atoms with E-state index in [4.69, 9.17) is 14.2 Å². The molecule has 0 radical (unpaired) electrons. The molecule has 0 aromatic heterocycles. The summed E-state index contributed by atoms with van der Waals surface area (Å²) in [6.07, 6.45) is 42.3. The Labute approximate surface area is 336 Å². The van der Waals surface area contributed by atoms with E-state index in [1.54, 1.807) is 0 Å². The first-order valence-corrected chi connectivity index (χ1v) is 23.9. The highest BCUT2D eigenvalue weighted by molar-refractivity contribution is 5.71. The molecule has 6 heteroatoms. The maximum Gasteiger partial charge on any atom is 0.306 e. The van der Waals surface area contributed by atoms with E-state index < -0.39 is 6.10 Å². The molecule has 6 nitrogen and oxygen atoms in total. The molecule has 0 amide bonds. The van der Waals surface area contributed by atoms with Crippen molar-refractivity contribution in [3.8, 4) is 0 Å². The maximum absolute atomic E-state index is 12.7. The molecule has 0 rings (SSSR count). The van der Waals surface area contributed by atoms with Crippen molar-refractivity contribution in [1.29, 1.82) is 0 Å². The summed E-state index contributed by atoms with van der Waals surface area (Å²) in [5.41, 5.74) is 0. The number of unbranched alkanes of at least 4 members (excludes halogenated alkanes) is 30. The minimum Gasteiger partial charge on any atom is -0.462 e. The Hall–Kier alpha value is -1.59. The second-order valence-corrected chi connectivity index (χ2v) is 16.9. The molecule has 54 heavy (non-hydrogen) atoms. The van der Waals surface area contributed by atoms with E-state index in [0.29, 0.717) is 19.3 Å². The van der Waals surface area contributed by atoms with Crippen LogP contribution in [0, 0.1) is 5.92 Å². The van der Waals surface area contributed by atoms with Gasteiger partial charge in [0.05, 0.1) is 0 Å². The SMILES string of the molecule is CCCCCCCCCCCCCCCCCC(=O)OC[C@@H](COC(=O)CCCCCCCCCCC(C)C)OC(=O)CCCCCCCCCCCC. The summed E-state index contributed by atoms with van der Waals surface area (Å²) in [6.45, 7) is 8.96. The summed E-state index contributed by atoms with van der Waals surface area (Å²) in [5, 5.41) is 0. The summed E-state index contributed by atoms with van der Waals surface area (Å²) in [5.74, 6) is -0.0569. The van der Waals surface area contributed by atoms with Gasteiger partial charge >= 0.3 is 17.9 Å². The Kier molecular flexibility index (Phi) is 41.3. The molecule has 0 aromatic carbocycles. The largest absolute Gasteiger partial charge is 0.462 e. The number of esters is 3. The molecule has 1 atom stereocenters. The zero-order chi connectivity index (χ0) is 39.6. The van der Waals surface area contributed by atoms with Gasteiger partial charge < -0.3 is 14.2 Å². The van der Waals surface area contributed by atoms with Crippen molar-refractivity contribution in [3.63, 3.8) is 0 Å². The van der Waals surface area contributed by atoms with Gasteiger partial charge in [0.25, 0.3) is 0 Å². The normalized spacial score (nSPS) is 11.9. The van der Waals surface area contributed by atoms with Gasteiger partial charge in [0, 0.05) is 19.3 Å². The molecule has 0 bridgehead atoms. The number of rotatable bonds is 43. The molecule has 0 N–H and O–H groups in total. The van der Waals surface area contributed by atoms with Gasteiger partial charge in [-0.1, -0.05) is 227 Å². The average molecular weight is 765 g/mol. The molecule has 0 aliphatic rings. The van der Waals surface area contributed by atoms with Crippen LogP contribution in [0.1, 0.15) is 265 Å². The summed E-state index contributed by atoms with van der Waals surface area (Å²) in [7, 11) is 0. The molecule has 0 saturated heterocycles. The molecule has 0 spiro atoms. The zero-order valence-corrected chi connectivity index (χ0v) is 36.7. The van der Waals surface area contributed by atoms with Crippen molar-refractivity contribution in [2.24, 2.45) is 5.92 Å². The van der Waals surface area contributed by atoms with Crippen LogP contribution in [-0.2, 0) is 28.6 Å². The van der Waals surface area contributed by atoms with E-state index in [1.165, 1.54) is 161 Å². The second kappa shape index (κ2) is 42.6. The minimum atomic E-state index is -0.759. The zero-order valence-electron chi connectivity index (χ0n) is 36.7. The van der Waals surface area contributed by atoms with Gasteiger partial charge in [-0.05, 0) is 25.2 Å². The highest BCUT2D eigenvalue weighted by atomic mass is 16.6. The molecule has 0 saturated carbocycles. The van der Waals surface area contributed by atoms with Gasteiger partial charge in [0.1, 0.15) is 13.2 Å². The van der Waals surface area contributed by atoms with Crippen LogP contribution in [0.3, 0.4) is 0 Å². The second-order valence-electron chi connectivity index (χ2n) is 16.9. The van der Waals surface area contributed by atoms with Gasteiger partial charge in [0.2, 0.25) is 0 Å². The first kappa shape index (κ1) is 52.4. The average Bonchev–Trinajstić information content (AvgIpc) is 3.15. The van der Waals surface area contributed by atoms with E-state index in [9.17, 15) is 14.4 Å². The maximum atomic E-state index is 12.7. The predicted molar refractivity (Wildman–Crippen MR) is 229 cm³/mol. The first-order valence-electron chi connectivity index (χ1n) is 23.9. The molecule has 0 aliphatic heterocycles. The van der Waals surface area contributed by atoms with E-state index in [0.717, 1.165) is 63.7 Å². The van der Waals surface area contributed by atoms with Crippen LogP contribution in [-0.4, -0.2) is 37.2 Å². The number of ether oxygens (including phenoxy) is 3. The Morgan fingerprint density at radius 2 is 0.611 bits per heavy atom. The monoisotopic (exact) mass is 765 g/mol. The summed E-state index contributed by atoms with van der Waals surface area (Å²) in [4.78, 5) is 37.7. The third kappa shape index (κ3) is 41.6. The van der Waals surface area contributed by atoms with E-state index in [1.807, 2.05) is 0 Å². The predicted octanol–water partition coefficient (Wildman–Crippen LogP) is 15.1. The van der Waals surface area contributed by atoms with E-state index in [2.05, 4.69) is 27.7 Å². The van der Waals surface area contributed by atoms with E-state index >= 15 is 0 Å². The van der Waals surface area contributed by atoms with Crippen molar-refractivity contribution in [1.82, 2.24) is 0 Å². The Balaban J connectivity index is 4.28. The Morgan fingerprint density at radius 3 is 0.907 bits per heavy atom. The fourth-order valence-corrected chi connectivity index (χ4v) is 7.16. The summed E-state index contributed by atoms with van der Waals surface area (Å²) < 4.78 is 16.7. The highest BCUT2D eigenvalue weighted by Gasteiger charge is 2.19. The fourth-order valence-electron chi connectivity index (χ4n) is 7.16. The van der Waals surface area contributed by atoms with Crippen LogP contribution < -0.4 is 0 Å². The van der Waals surface area contributed by atoms with Gasteiger partial charge in [-0.2, -0.15) is 0 Å². The van der Waals surface area contributed by atoms with Gasteiger partial charge in [0.15, 0.2) is 6.10 Å². The van der Waals surface area contributed by atoms with Crippen molar-refractivity contribution < 1.29 is 28.6 Å². The van der Waals surface area contributed by atoms with E-state index in [-0.39, 0.29) is 31.1 Å². The standard InChI is InChI=1S/C48H92O6/c1-5-7-9-11-13-15-17-18-19-20-21-23-27-31-35-39-46(49)52-42-45(54-48(51)41-37-33-29-22-16-14-12-10-8-6-2)43-53-47(50)40-36-32-28-25-24-26-30-34-38-44(3)4/h44-45H,5-43H2,1-4H3/t45-/m0/s1. The number of carbonyl (C=O) groups is 3. The molecular weight excluding hydrogens is 673 g/mol. The fraction of sp³-hybridized carbons (Fsp3) is 0.938. The lowest BCUT2D eigenvalue weighted by atomic mass is 10.0. The number of carbonyl (C=O) groups excluding carboxylic acids is 3. The highest BCUT2D eigenvalue weighted by Crippen LogP contribution is 2.16. The number of hydrogen-bond acceptors (Lipinski definition) is 6. The lowest BCUT2D eigenvalue weighted by molar-refractivity contribution is -0.167. The lowest BCUT2D eigenvalue weighted by Gasteiger charge is -2.18. The topological polar surface area (TPSA) is 78.9 Å². The third-order valence-corrected chi connectivity index (χ3v) is 10.8. The Bertz CT molecular complexity index is 811. The molecular formula is C48H92O6. The lowest BCUT2D eigenvalue weighted by Crippen LogP contribution is -2.30. The van der Waals surface area contributed by atoms with Crippen LogP contribution in [0.4, 0.5) is 0 Å². The summed E-state index contributed by atoms with van der Waals surface area (Å²) >= 11 is 0. The first-order chi connectivity index (χ1) is 26.4. The van der Waals surface area contributed by atoms with Crippen LogP contribution in [0.25, 0.3) is 0 Å². The van der Waals surface area contributed by atoms with Crippen LogP contribution >= 0.6 is 0 Å². The molecule has 0 aromatic rings. The van der Waals surface area contributed by atoms with Crippen LogP contribution in [0.5, 0.6) is 0 Å². The Morgan fingerprint density at radius 1 is 0.352 bits per heavy atom. The van der Waals surface area contributed by atoms with Crippen LogP contribution in [0.2, 0.25) is 0 Å². The van der Waals surface area contributed by atoms with Gasteiger partial charge in [-0.25, -0.2) is 0 Å². The molecule has 0 aliphatic carbocycles. The van der Waals surface area contributed by atoms with Crippen LogP contribution in [0.15, 0.2) is 0 Å². The smallest absolute Gasteiger partial charge is 0.306 e. The molecule has 0 heterocycles. The van der Waals surface area contributed by atoms with Crippen molar-refractivity contribution in [2.75, 3.05) is 13.2 Å². The third-order valence-electron chi connectivity index (χ3n) is 10.8. The number of hydrogen-bond donors (Lipinski definition) is 0. The van der Waals surface area contributed by atoms with Crippen molar-refractivity contribution in [2.45, 2.75) is 271 Å². The van der Waals surface area contributed by atoms with Gasteiger partial charge in [-0.15, -0.1) is 0 Å². The molecule has 320 valence electrons. The summed E-state index contributed by atoms with van der Waals surface area (Å²) in [6, 6.07) is 0. The van der Waals surface area contributed by atoms with Crippen molar-refractivity contribution >= 4 is 17.9 Å². The minimum absolute atomic E-state index is 0.0637. The molecule has 0 unspecified atom stereocenters. The van der Waals surface area contributed by atoms with Gasteiger partial charge in [-0.3, -0.25) is 14.4 Å². The molecule has 0 fully saturated rings. The quantitative estimate of drug-likeness (QED) is 0.0349.